The minimum atomic E-state index is -4.19. The Bertz CT molecular complexity index is 389. The molecule has 9 heteroatoms. The first-order valence-electron chi connectivity index (χ1n) is 5.13. The lowest BCUT2D eigenvalue weighted by molar-refractivity contribution is -0.0327. The van der Waals surface area contributed by atoms with Crippen LogP contribution in [0.5, 0.6) is 0 Å². The molecule has 2 N–H and O–H groups in total. The second-order valence-electron chi connectivity index (χ2n) is 3.14. The molecule has 0 unspecified atom stereocenters. The van der Waals surface area contributed by atoms with Crippen LogP contribution in [-0.4, -0.2) is 34.3 Å². The molecule has 0 amide bonds. The minimum absolute atomic E-state index is 0.0637. The van der Waals surface area contributed by atoms with Gasteiger partial charge in [0, 0.05) is 25.0 Å². The predicted octanol–water partition coefficient (Wildman–Crippen LogP) is 3.34. The maximum absolute atomic E-state index is 11.9. The number of thioether (sulfide) groups is 1. The fourth-order valence-corrected chi connectivity index (χ4v) is 1.84. The second-order valence-corrected chi connectivity index (χ2v) is 5.16. The fourth-order valence-electron chi connectivity index (χ4n) is 1.07. The largest absolute Gasteiger partial charge is 0.441 e. The van der Waals surface area contributed by atoms with Gasteiger partial charge in [-0.2, -0.15) is 18.2 Å². The Labute approximate surface area is 115 Å². The van der Waals surface area contributed by atoms with Crippen molar-refractivity contribution in [1.29, 1.82) is 0 Å². The molecule has 0 aromatic carbocycles. The van der Waals surface area contributed by atoms with E-state index in [9.17, 15) is 13.2 Å². The molecule has 1 heterocycles. The standard InChI is InChI=1S/C9H12BrF3N4S/c1-2-14-8-16-5-6(10)7(17-8)15-3-4-18-9(11,12)13/h5H,2-4H2,1H3,(H2,14,15,16,17). The zero-order chi connectivity index (χ0) is 13.6. The van der Waals surface area contributed by atoms with Crippen LogP contribution in [-0.2, 0) is 0 Å². The van der Waals surface area contributed by atoms with Crippen LogP contribution < -0.4 is 10.6 Å². The first-order chi connectivity index (χ1) is 8.42. The van der Waals surface area contributed by atoms with Crippen molar-refractivity contribution in [3.05, 3.63) is 10.7 Å². The highest BCUT2D eigenvalue weighted by Gasteiger charge is 2.27. The predicted molar refractivity (Wildman–Crippen MR) is 70.9 cm³/mol. The zero-order valence-corrected chi connectivity index (χ0v) is 11.9. The topological polar surface area (TPSA) is 49.8 Å². The number of halogens is 4. The van der Waals surface area contributed by atoms with Crippen molar-refractivity contribution in [2.45, 2.75) is 12.4 Å². The molecule has 0 bridgehead atoms. The lowest BCUT2D eigenvalue weighted by Gasteiger charge is -2.10. The van der Waals surface area contributed by atoms with Crippen LogP contribution >= 0.6 is 27.7 Å². The molecule has 1 rings (SSSR count). The Hall–Kier alpha value is -0.700. The molecule has 0 aliphatic carbocycles. The van der Waals surface area contributed by atoms with Gasteiger partial charge in [-0.05, 0) is 34.6 Å². The number of nitrogens with zero attached hydrogens (tertiary/aromatic N) is 2. The molecule has 0 fully saturated rings. The maximum Gasteiger partial charge on any atom is 0.441 e. The third kappa shape index (κ3) is 5.76. The molecule has 18 heavy (non-hydrogen) atoms. The van der Waals surface area contributed by atoms with Crippen molar-refractivity contribution in [2.24, 2.45) is 0 Å². The number of nitrogens with one attached hydrogen (secondary N) is 2. The fraction of sp³-hybridized carbons (Fsp3) is 0.556. The third-order valence-electron chi connectivity index (χ3n) is 1.74. The summed E-state index contributed by atoms with van der Waals surface area (Å²) in [5.74, 6) is 0.839. The van der Waals surface area contributed by atoms with Gasteiger partial charge in [0.1, 0.15) is 5.82 Å². The lowest BCUT2D eigenvalue weighted by atomic mass is 10.5. The van der Waals surface area contributed by atoms with Gasteiger partial charge < -0.3 is 10.6 Å². The van der Waals surface area contributed by atoms with Gasteiger partial charge in [-0.1, -0.05) is 0 Å². The Morgan fingerprint density at radius 1 is 1.39 bits per heavy atom. The monoisotopic (exact) mass is 344 g/mol. The summed E-state index contributed by atoms with van der Waals surface area (Å²) < 4.78 is 36.4. The van der Waals surface area contributed by atoms with Gasteiger partial charge in [0.15, 0.2) is 0 Å². The molecule has 0 spiro atoms. The summed E-state index contributed by atoms with van der Waals surface area (Å²) in [7, 11) is 0. The van der Waals surface area contributed by atoms with Crippen molar-refractivity contribution in [1.82, 2.24) is 9.97 Å². The summed E-state index contributed by atoms with van der Waals surface area (Å²) in [6.45, 7) is 2.74. The molecule has 0 aliphatic rings. The van der Waals surface area contributed by atoms with E-state index in [1.807, 2.05) is 6.92 Å². The number of rotatable bonds is 6. The summed E-state index contributed by atoms with van der Waals surface area (Å²) in [4.78, 5) is 8.13. The maximum atomic E-state index is 11.9. The second kappa shape index (κ2) is 7.03. The van der Waals surface area contributed by atoms with Gasteiger partial charge in [0.25, 0.3) is 0 Å². The highest BCUT2D eigenvalue weighted by Crippen LogP contribution is 2.29. The van der Waals surface area contributed by atoms with Gasteiger partial charge in [-0.3, -0.25) is 0 Å². The van der Waals surface area contributed by atoms with Crippen molar-refractivity contribution in [2.75, 3.05) is 29.5 Å². The molecule has 4 nitrogen and oxygen atoms in total. The van der Waals surface area contributed by atoms with Gasteiger partial charge in [-0.15, -0.1) is 0 Å². The number of alkyl halides is 3. The van der Waals surface area contributed by atoms with Crippen molar-refractivity contribution < 1.29 is 13.2 Å². The summed E-state index contributed by atoms with van der Waals surface area (Å²) in [5, 5.41) is 5.75. The molecular weight excluding hydrogens is 333 g/mol. The Kier molecular flexibility index (Phi) is 6.00. The van der Waals surface area contributed by atoms with E-state index in [-0.39, 0.29) is 24.1 Å². The van der Waals surface area contributed by atoms with E-state index in [0.717, 1.165) is 0 Å². The Morgan fingerprint density at radius 3 is 2.72 bits per heavy atom. The van der Waals surface area contributed by atoms with Gasteiger partial charge in [-0.25, -0.2) is 4.98 Å². The van der Waals surface area contributed by atoms with Crippen LogP contribution in [0.1, 0.15) is 6.92 Å². The van der Waals surface area contributed by atoms with Gasteiger partial charge in [0.2, 0.25) is 5.95 Å². The first-order valence-corrected chi connectivity index (χ1v) is 6.91. The number of hydrogen-bond donors (Lipinski definition) is 2. The quantitative estimate of drug-likeness (QED) is 0.775. The van der Waals surface area contributed by atoms with Gasteiger partial charge in [0.05, 0.1) is 4.47 Å². The molecular formula is C9H12BrF3N4S. The highest BCUT2D eigenvalue weighted by atomic mass is 79.9. The SMILES string of the molecule is CCNc1ncc(Br)c(NCCSC(F)(F)F)n1. The van der Waals surface area contributed by atoms with Crippen LogP contribution in [0.15, 0.2) is 10.7 Å². The molecule has 0 radical (unpaired) electrons. The van der Waals surface area contributed by atoms with E-state index >= 15 is 0 Å². The molecule has 0 aliphatic heterocycles. The molecule has 0 atom stereocenters. The molecule has 1 aromatic rings. The molecule has 0 saturated heterocycles. The van der Waals surface area contributed by atoms with E-state index in [2.05, 4.69) is 36.5 Å². The normalized spacial score (nSPS) is 11.4. The molecule has 0 saturated carbocycles. The minimum Gasteiger partial charge on any atom is -0.368 e. The Morgan fingerprint density at radius 2 is 2.11 bits per heavy atom. The summed E-state index contributed by atoms with van der Waals surface area (Å²) in [6.07, 6.45) is 1.55. The number of anilines is 2. The molecule has 102 valence electrons. The van der Waals surface area contributed by atoms with E-state index in [1.165, 1.54) is 0 Å². The van der Waals surface area contributed by atoms with Crippen LogP contribution in [0.3, 0.4) is 0 Å². The van der Waals surface area contributed by atoms with Crippen LogP contribution in [0, 0.1) is 0 Å². The summed E-state index contributed by atoms with van der Waals surface area (Å²) in [5.41, 5.74) is -4.19. The van der Waals surface area contributed by atoms with E-state index in [0.29, 0.717) is 22.8 Å². The third-order valence-corrected chi connectivity index (χ3v) is 3.06. The average molecular weight is 345 g/mol. The zero-order valence-electron chi connectivity index (χ0n) is 9.51. The van der Waals surface area contributed by atoms with Crippen LogP contribution in [0.4, 0.5) is 24.9 Å². The first kappa shape index (κ1) is 15.4. The van der Waals surface area contributed by atoms with E-state index in [1.54, 1.807) is 6.20 Å². The van der Waals surface area contributed by atoms with E-state index < -0.39 is 5.51 Å². The van der Waals surface area contributed by atoms with Crippen molar-refractivity contribution >= 4 is 39.5 Å². The van der Waals surface area contributed by atoms with Gasteiger partial charge >= 0.3 is 5.51 Å². The van der Waals surface area contributed by atoms with Crippen LogP contribution in [0.25, 0.3) is 0 Å². The Balaban J connectivity index is 2.48. The summed E-state index contributed by atoms with van der Waals surface area (Å²) in [6, 6.07) is 0. The summed E-state index contributed by atoms with van der Waals surface area (Å²) >= 11 is 3.17. The smallest absolute Gasteiger partial charge is 0.368 e. The van der Waals surface area contributed by atoms with Crippen molar-refractivity contribution in [3.8, 4) is 0 Å². The molecule has 1 aromatic heterocycles. The highest BCUT2D eigenvalue weighted by molar-refractivity contribution is 9.10. The number of aromatic nitrogens is 2. The van der Waals surface area contributed by atoms with E-state index in [4.69, 9.17) is 0 Å². The average Bonchev–Trinajstić information content (AvgIpc) is 2.27. The van der Waals surface area contributed by atoms with Crippen LogP contribution in [0.2, 0.25) is 0 Å². The van der Waals surface area contributed by atoms with Crippen molar-refractivity contribution in [3.63, 3.8) is 0 Å². The number of hydrogen-bond acceptors (Lipinski definition) is 5. The lowest BCUT2D eigenvalue weighted by Crippen LogP contribution is -2.12.